The van der Waals surface area contributed by atoms with Crippen LogP contribution in [0.3, 0.4) is 0 Å². The van der Waals surface area contributed by atoms with E-state index in [-0.39, 0.29) is 19.1 Å². The number of amides is 1. The van der Waals surface area contributed by atoms with Crippen LogP contribution in [-0.4, -0.2) is 49.4 Å². The number of nitrogens with zero attached hydrogens (tertiary/aromatic N) is 1. The second-order valence-electron chi connectivity index (χ2n) is 5.93. The number of carbonyl (C=O) groups is 2. The molecule has 0 aliphatic carbocycles. The minimum absolute atomic E-state index is 0.167. The first-order chi connectivity index (χ1) is 11.1. The Hall–Kier alpha value is -1.67. The zero-order valence-electron chi connectivity index (χ0n) is 13.1. The lowest BCUT2D eigenvalue weighted by Crippen LogP contribution is -2.33. The third-order valence-electron chi connectivity index (χ3n) is 4.11. The largest absolute Gasteiger partial charge is 0.508 e. The highest BCUT2D eigenvalue weighted by atomic mass is 32.1. The summed E-state index contributed by atoms with van der Waals surface area (Å²) in [5.74, 6) is 0.479. The van der Waals surface area contributed by atoms with Crippen molar-refractivity contribution in [1.82, 2.24) is 15.6 Å². The highest BCUT2D eigenvalue weighted by Crippen LogP contribution is 2.24. The fourth-order valence-electron chi connectivity index (χ4n) is 2.84. The Morgan fingerprint density at radius 1 is 1.43 bits per heavy atom. The fourth-order valence-corrected chi connectivity index (χ4v) is 3.93. The molecule has 8 heteroatoms. The maximum atomic E-state index is 12.3. The van der Waals surface area contributed by atoms with Crippen LogP contribution in [0, 0.1) is 12.8 Å². The molecule has 2 aliphatic heterocycles. The summed E-state index contributed by atoms with van der Waals surface area (Å²) >= 11 is 1.46. The summed E-state index contributed by atoms with van der Waals surface area (Å²) in [6.07, 6.45) is 2.17. The number of ether oxygens (including phenoxy) is 2. The molecule has 1 amide bonds. The van der Waals surface area contributed by atoms with Gasteiger partial charge in [0.15, 0.2) is 6.10 Å². The van der Waals surface area contributed by atoms with Crippen molar-refractivity contribution in [2.45, 2.75) is 32.3 Å². The summed E-state index contributed by atoms with van der Waals surface area (Å²) in [7, 11) is 0. The number of thiazole rings is 1. The number of hydrogen-bond donors (Lipinski definition) is 2. The zero-order valence-corrected chi connectivity index (χ0v) is 13.9. The van der Waals surface area contributed by atoms with Crippen molar-refractivity contribution in [2.75, 3.05) is 26.2 Å². The van der Waals surface area contributed by atoms with Crippen molar-refractivity contribution >= 4 is 23.4 Å². The molecule has 2 aliphatic rings. The molecule has 126 valence electrons. The van der Waals surface area contributed by atoms with Crippen LogP contribution in [0.2, 0.25) is 0 Å². The lowest BCUT2D eigenvalue weighted by atomic mass is 9.95. The van der Waals surface area contributed by atoms with Gasteiger partial charge in [0.2, 0.25) is 0 Å². The van der Waals surface area contributed by atoms with Gasteiger partial charge in [-0.25, -0.2) is 9.78 Å². The number of aromatic nitrogens is 1. The maximum Gasteiger partial charge on any atom is 0.508 e. The van der Waals surface area contributed by atoms with E-state index in [4.69, 9.17) is 4.74 Å². The van der Waals surface area contributed by atoms with Gasteiger partial charge in [0.05, 0.1) is 17.2 Å². The van der Waals surface area contributed by atoms with Gasteiger partial charge in [-0.2, -0.15) is 0 Å². The average molecular weight is 339 g/mol. The molecule has 3 rings (SSSR count). The van der Waals surface area contributed by atoms with Gasteiger partial charge in [0.1, 0.15) is 11.5 Å². The zero-order chi connectivity index (χ0) is 16.2. The monoisotopic (exact) mass is 339 g/mol. The van der Waals surface area contributed by atoms with Gasteiger partial charge >= 0.3 is 6.16 Å². The van der Waals surface area contributed by atoms with Gasteiger partial charge in [-0.1, -0.05) is 0 Å². The Balaban J connectivity index is 1.54. The van der Waals surface area contributed by atoms with Crippen molar-refractivity contribution in [3.05, 3.63) is 15.6 Å². The quantitative estimate of drug-likeness (QED) is 0.785. The van der Waals surface area contributed by atoms with Crippen LogP contribution in [0.4, 0.5) is 4.79 Å². The lowest BCUT2D eigenvalue weighted by molar-refractivity contribution is 0.0914. The Labute approximate surface area is 138 Å². The second-order valence-corrected chi connectivity index (χ2v) is 7.01. The predicted molar refractivity (Wildman–Crippen MR) is 84.7 cm³/mol. The highest BCUT2D eigenvalue weighted by molar-refractivity contribution is 7.13. The first kappa shape index (κ1) is 16.2. The maximum absolute atomic E-state index is 12.3. The van der Waals surface area contributed by atoms with Crippen LogP contribution in [0.1, 0.15) is 33.2 Å². The number of aryl methyl sites for hydroxylation is 1. The molecule has 0 bridgehead atoms. The van der Waals surface area contributed by atoms with Crippen LogP contribution in [0.25, 0.3) is 0 Å². The van der Waals surface area contributed by atoms with Gasteiger partial charge in [0, 0.05) is 6.42 Å². The molecule has 1 aromatic rings. The van der Waals surface area contributed by atoms with E-state index < -0.39 is 12.3 Å². The van der Waals surface area contributed by atoms with Crippen molar-refractivity contribution in [3.63, 3.8) is 0 Å². The minimum Gasteiger partial charge on any atom is -0.430 e. The van der Waals surface area contributed by atoms with Crippen LogP contribution in [0.15, 0.2) is 0 Å². The molecule has 1 atom stereocenters. The topological polar surface area (TPSA) is 89.5 Å². The van der Waals surface area contributed by atoms with E-state index in [0.29, 0.717) is 10.8 Å². The third-order valence-corrected chi connectivity index (χ3v) is 5.29. The van der Waals surface area contributed by atoms with Crippen molar-refractivity contribution in [1.29, 1.82) is 0 Å². The molecule has 0 unspecified atom stereocenters. The fraction of sp³-hybridized carbons (Fsp3) is 0.667. The average Bonchev–Trinajstić information content (AvgIpc) is 3.12. The predicted octanol–water partition coefficient (Wildman–Crippen LogP) is 1.26. The number of cyclic esters (lactones) is 2. The molecule has 23 heavy (non-hydrogen) atoms. The van der Waals surface area contributed by atoms with E-state index in [0.717, 1.165) is 43.1 Å². The highest BCUT2D eigenvalue weighted by Gasteiger charge is 2.26. The van der Waals surface area contributed by atoms with Crippen LogP contribution in [-0.2, 0) is 15.9 Å². The summed E-state index contributed by atoms with van der Waals surface area (Å²) in [5, 5.41) is 7.16. The smallest absolute Gasteiger partial charge is 0.430 e. The Bertz CT molecular complexity index is 583. The molecule has 7 nitrogen and oxygen atoms in total. The van der Waals surface area contributed by atoms with Gasteiger partial charge in [-0.05, 0) is 38.8 Å². The molecule has 0 aromatic carbocycles. The van der Waals surface area contributed by atoms with Gasteiger partial charge in [-0.3, -0.25) is 4.79 Å². The first-order valence-corrected chi connectivity index (χ1v) is 8.72. The van der Waals surface area contributed by atoms with Crippen molar-refractivity contribution in [3.8, 4) is 0 Å². The number of piperidine rings is 1. The molecular formula is C15H21N3O4S. The first-order valence-electron chi connectivity index (χ1n) is 7.90. The summed E-state index contributed by atoms with van der Waals surface area (Å²) < 4.78 is 9.58. The van der Waals surface area contributed by atoms with Gasteiger partial charge < -0.3 is 20.1 Å². The summed E-state index contributed by atoms with van der Waals surface area (Å²) in [5.41, 5.74) is 0.760. The number of rotatable bonds is 5. The number of hydrogen-bond acceptors (Lipinski definition) is 7. The molecule has 0 radical (unpaired) electrons. The number of carbonyl (C=O) groups excluding carboxylic acids is 2. The van der Waals surface area contributed by atoms with E-state index in [1.807, 2.05) is 6.92 Å². The summed E-state index contributed by atoms with van der Waals surface area (Å²) in [6.45, 7) is 4.42. The number of nitrogens with one attached hydrogen (secondary N) is 2. The van der Waals surface area contributed by atoms with Crippen LogP contribution >= 0.6 is 11.3 Å². The van der Waals surface area contributed by atoms with E-state index in [1.165, 1.54) is 11.3 Å². The molecule has 0 saturated carbocycles. The van der Waals surface area contributed by atoms with Crippen LogP contribution < -0.4 is 10.6 Å². The standard InChI is InChI=1S/C15H21N3O4S/c1-9-13(14(19)17-7-11-8-21-15(20)22-11)23-12(18-9)6-10-2-4-16-5-3-10/h10-11,16H,2-8H2,1H3,(H,17,19)/t11-/m0/s1. The third kappa shape index (κ3) is 4.20. The minimum atomic E-state index is -0.678. The van der Waals surface area contributed by atoms with E-state index in [9.17, 15) is 9.59 Å². The van der Waals surface area contributed by atoms with Crippen molar-refractivity contribution < 1.29 is 19.1 Å². The molecular weight excluding hydrogens is 318 g/mol. The van der Waals surface area contributed by atoms with Gasteiger partial charge in [0.25, 0.3) is 5.91 Å². The SMILES string of the molecule is Cc1nc(CC2CCNCC2)sc1C(=O)NC[C@H]1COC(=O)O1. The van der Waals surface area contributed by atoms with E-state index in [2.05, 4.69) is 20.4 Å². The van der Waals surface area contributed by atoms with Crippen molar-refractivity contribution in [2.24, 2.45) is 5.92 Å². The molecule has 2 saturated heterocycles. The lowest BCUT2D eigenvalue weighted by Gasteiger charge is -2.21. The van der Waals surface area contributed by atoms with E-state index >= 15 is 0 Å². The molecule has 0 spiro atoms. The Kier molecular flexibility index (Phi) is 5.12. The molecule has 1 aromatic heterocycles. The molecule has 2 N–H and O–H groups in total. The van der Waals surface area contributed by atoms with E-state index in [1.54, 1.807) is 0 Å². The molecule has 3 heterocycles. The Morgan fingerprint density at radius 3 is 2.91 bits per heavy atom. The normalized spacial score (nSPS) is 21.8. The van der Waals surface area contributed by atoms with Gasteiger partial charge in [-0.15, -0.1) is 11.3 Å². The van der Waals surface area contributed by atoms with Crippen LogP contribution in [0.5, 0.6) is 0 Å². The summed E-state index contributed by atoms with van der Waals surface area (Å²) in [6, 6.07) is 0. The Morgan fingerprint density at radius 2 is 2.22 bits per heavy atom. The summed E-state index contributed by atoms with van der Waals surface area (Å²) in [4.78, 5) is 28.3. The molecule has 2 fully saturated rings. The second kappa shape index (κ2) is 7.27.